The summed E-state index contributed by atoms with van der Waals surface area (Å²) in [6.07, 6.45) is 2.14. The highest BCUT2D eigenvalue weighted by Gasteiger charge is 2.37. The molecule has 0 bridgehead atoms. The first kappa shape index (κ1) is 31.0. The van der Waals surface area contributed by atoms with E-state index < -0.39 is 47.0 Å². The number of amides is 1. The molecule has 0 aliphatic heterocycles. The molecule has 1 aromatic heterocycles. The maximum Gasteiger partial charge on any atom is 0.366 e. The molecule has 0 unspecified atom stereocenters. The molecule has 0 spiro atoms. The van der Waals surface area contributed by atoms with E-state index in [-0.39, 0.29) is 28.9 Å². The van der Waals surface area contributed by atoms with Gasteiger partial charge in [-0.05, 0) is 98.3 Å². The van der Waals surface area contributed by atoms with Crippen molar-refractivity contribution in [2.75, 3.05) is 0 Å². The van der Waals surface area contributed by atoms with E-state index in [1.165, 1.54) is 22.9 Å². The third-order valence-corrected chi connectivity index (χ3v) is 7.33. The number of aromatic nitrogens is 2. The number of nitrogens with one attached hydrogen (secondary N) is 1. The second-order valence-electron chi connectivity index (χ2n) is 10.1. The Morgan fingerprint density at radius 1 is 1.17 bits per heavy atom. The number of carbonyl (C=O) groups is 1. The molecule has 0 saturated carbocycles. The second-order valence-corrected chi connectivity index (χ2v) is 10.6. The molecule has 6 nitrogen and oxygen atoms in total. The Labute approximate surface area is 244 Å². The van der Waals surface area contributed by atoms with Crippen LogP contribution in [-0.2, 0) is 36.0 Å². The van der Waals surface area contributed by atoms with Crippen molar-refractivity contribution in [3.05, 3.63) is 99.8 Å². The Morgan fingerprint density at radius 2 is 1.83 bits per heavy atom. The highest BCUT2D eigenvalue weighted by Crippen LogP contribution is 2.37. The number of alkyl halides is 3. The molecule has 1 aliphatic rings. The van der Waals surface area contributed by atoms with Crippen LogP contribution in [0.4, 0.5) is 22.0 Å². The lowest BCUT2D eigenvalue weighted by atomic mass is 9.95. The van der Waals surface area contributed by atoms with Gasteiger partial charge in [-0.2, -0.15) is 13.9 Å². The number of hydrogen-bond donors (Lipinski definition) is 2. The van der Waals surface area contributed by atoms with Crippen molar-refractivity contribution >= 4 is 35.5 Å². The van der Waals surface area contributed by atoms with E-state index in [0.717, 1.165) is 24.6 Å². The van der Waals surface area contributed by atoms with Crippen molar-refractivity contribution in [2.45, 2.75) is 57.0 Å². The molecule has 2 aromatic carbocycles. The van der Waals surface area contributed by atoms with Crippen molar-refractivity contribution in [3.63, 3.8) is 0 Å². The van der Waals surface area contributed by atoms with E-state index in [2.05, 4.69) is 28.7 Å². The number of halogens is 6. The highest BCUT2D eigenvalue weighted by molar-refractivity contribution is 6.21. The minimum Gasteiger partial charge on any atom is -0.399 e. The summed E-state index contributed by atoms with van der Waals surface area (Å²) in [6.45, 7) is 8.44. The number of allylic oxidation sites excluding steroid dienone is 1. The molecular formula is C30H29ClF5N5O. The Morgan fingerprint density at radius 3 is 2.45 bits per heavy atom. The number of rotatable bonds is 10. The molecule has 4 rings (SSSR count). The van der Waals surface area contributed by atoms with Crippen molar-refractivity contribution in [2.24, 2.45) is 10.7 Å². The molecule has 0 fully saturated rings. The van der Waals surface area contributed by atoms with Gasteiger partial charge in [0.25, 0.3) is 0 Å². The maximum absolute atomic E-state index is 14.3. The summed E-state index contributed by atoms with van der Waals surface area (Å²) in [5.74, 6) is -2.84. The summed E-state index contributed by atoms with van der Waals surface area (Å²) in [7, 11) is 0. The molecule has 12 heteroatoms. The van der Waals surface area contributed by atoms with E-state index in [0.29, 0.717) is 41.7 Å². The highest BCUT2D eigenvalue weighted by atomic mass is 35.5. The predicted molar refractivity (Wildman–Crippen MR) is 152 cm³/mol. The van der Waals surface area contributed by atoms with Crippen LogP contribution in [0.3, 0.4) is 0 Å². The smallest absolute Gasteiger partial charge is 0.366 e. The molecule has 1 aliphatic carbocycles. The van der Waals surface area contributed by atoms with Crippen LogP contribution >= 0.6 is 11.6 Å². The zero-order valence-corrected chi connectivity index (χ0v) is 23.5. The van der Waals surface area contributed by atoms with Gasteiger partial charge in [-0.3, -0.25) is 14.5 Å². The molecule has 0 radical (unpaired) electrons. The van der Waals surface area contributed by atoms with Gasteiger partial charge < -0.3 is 11.1 Å². The molecule has 222 valence electrons. The van der Waals surface area contributed by atoms with Gasteiger partial charge in [-0.25, -0.2) is 13.2 Å². The summed E-state index contributed by atoms with van der Waals surface area (Å²) in [5, 5.41) is 3.06. The van der Waals surface area contributed by atoms with Gasteiger partial charge in [0.2, 0.25) is 5.91 Å². The largest absolute Gasteiger partial charge is 0.399 e. The standard InChI is InChI=1S/C30H29ClF5N5O/c1-16(19-8-9-24(34)23(13-19)17(2)37)28(38-3)25(12-18-10-20(32)14-21(33)11-18)39-27(42)15-41-26-7-5-4-6-22(26)29(40-41)30(31,35)36/h8-11,13-14,25H,2-7,12,15,37H2,1H3,(H,39,42)/b28-16+/t25-/m0/s1. The Hall–Kier alpha value is -3.99. The zero-order valence-electron chi connectivity index (χ0n) is 22.8. The number of nitrogens with two attached hydrogens (primary N) is 1. The van der Waals surface area contributed by atoms with Crippen molar-refractivity contribution in [1.82, 2.24) is 15.1 Å². The zero-order chi connectivity index (χ0) is 30.8. The van der Waals surface area contributed by atoms with Crippen LogP contribution in [0.5, 0.6) is 0 Å². The number of benzene rings is 2. The number of fused-ring (bicyclic) bond motifs is 1. The van der Waals surface area contributed by atoms with Gasteiger partial charge in [-0.15, -0.1) is 0 Å². The first-order chi connectivity index (χ1) is 19.8. The normalized spacial score (nSPS) is 14.5. The summed E-state index contributed by atoms with van der Waals surface area (Å²) in [6, 6.07) is 6.11. The third-order valence-electron chi connectivity index (χ3n) is 7.15. The molecule has 1 atom stereocenters. The van der Waals surface area contributed by atoms with Crippen LogP contribution in [0.1, 0.15) is 53.4 Å². The fourth-order valence-corrected chi connectivity index (χ4v) is 5.38. The van der Waals surface area contributed by atoms with Crippen molar-refractivity contribution < 1.29 is 26.7 Å². The van der Waals surface area contributed by atoms with E-state index >= 15 is 0 Å². The lowest BCUT2D eigenvalue weighted by molar-refractivity contribution is -0.122. The molecule has 42 heavy (non-hydrogen) atoms. The predicted octanol–water partition coefficient (Wildman–Crippen LogP) is 6.26. The number of carbonyl (C=O) groups excluding carboxylic acids is 1. The topological polar surface area (TPSA) is 85.3 Å². The Bertz CT molecular complexity index is 1560. The fraction of sp³-hybridized carbons (Fsp3) is 0.300. The first-order valence-corrected chi connectivity index (χ1v) is 13.5. The van der Waals surface area contributed by atoms with Crippen LogP contribution in [0.15, 0.2) is 53.7 Å². The minimum atomic E-state index is -3.70. The Balaban J connectivity index is 1.72. The van der Waals surface area contributed by atoms with Gasteiger partial charge in [-0.1, -0.05) is 12.6 Å². The fourth-order valence-electron chi connectivity index (χ4n) is 5.23. The summed E-state index contributed by atoms with van der Waals surface area (Å²) in [5.41, 5.74) is 7.44. The van der Waals surface area contributed by atoms with Gasteiger partial charge in [0.15, 0.2) is 5.69 Å². The van der Waals surface area contributed by atoms with Crippen LogP contribution in [0.2, 0.25) is 0 Å². The maximum atomic E-state index is 14.3. The lowest BCUT2D eigenvalue weighted by Gasteiger charge is -2.23. The number of aliphatic imine (C=N–C) groups is 1. The average Bonchev–Trinajstić information content (AvgIpc) is 3.27. The summed E-state index contributed by atoms with van der Waals surface area (Å²) >= 11 is 5.31. The molecule has 1 heterocycles. The Kier molecular flexibility index (Phi) is 9.20. The minimum absolute atomic E-state index is 0.000187. The first-order valence-electron chi connectivity index (χ1n) is 13.1. The second kappa shape index (κ2) is 12.5. The van der Waals surface area contributed by atoms with Crippen LogP contribution in [0.25, 0.3) is 11.3 Å². The summed E-state index contributed by atoms with van der Waals surface area (Å²) < 4.78 is 71.7. The van der Waals surface area contributed by atoms with E-state index in [9.17, 15) is 26.7 Å². The van der Waals surface area contributed by atoms with Gasteiger partial charge >= 0.3 is 5.38 Å². The van der Waals surface area contributed by atoms with E-state index in [4.69, 9.17) is 17.3 Å². The lowest BCUT2D eigenvalue weighted by Crippen LogP contribution is -2.40. The quantitative estimate of drug-likeness (QED) is 0.163. The van der Waals surface area contributed by atoms with Crippen LogP contribution < -0.4 is 11.1 Å². The number of hydrogen-bond acceptors (Lipinski definition) is 4. The monoisotopic (exact) mass is 605 g/mol. The van der Waals surface area contributed by atoms with E-state index in [1.807, 2.05) is 0 Å². The van der Waals surface area contributed by atoms with E-state index in [1.54, 1.807) is 6.92 Å². The molecule has 0 saturated heterocycles. The summed E-state index contributed by atoms with van der Waals surface area (Å²) in [4.78, 5) is 17.5. The van der Waals surface area contributed by atoms with Gasteiger partial charge in [0.1, 0.15) is 24.0 Å². The number of nitrogens with zero attached hydrogens (tertiary/aromatic N) is 3. The average molecular weight is 606 g/mol. The SMILES string of the molecule is C=N/C(=C(\C)c1ccc(F)c(C(=C)N)c1)[C@H](Cc1cc(F)cc(F)c1)NC(=O)Cn1nc(C(F)(F)Cl)c2c1CCCC2. The van der Waals surface area contributed by atoms with Crippen molar-refractivity contribution in [3.8, 4) is 0 Å². The molecule has 1 amide bonds. The molecule has 3 aromatic rings. The molecule has 3 N–H and O–H groups in total. The third kappa shape index (κ3) is 6.89. The van der Waals surface area contributed by atoms with Gasteiger partial charge in [0, 0.05) is 28.6 Å². The van der Waals surface area contributed by atoms with Crippen LogP contribution in [0, 0.1) is 17.5 Å². The van der Waals surface area contributed by atoms with Gasteiger partial charge in [0.05, 0.1) is 11.7 Å². The molecular weight excluding hydrogens is 577 g/mol. The van der Waals surface area contributed by atoms with Crippen molar-refractivity contribution in [1.29, 1.82) is 0 Å². The van der Waals surface area contributed by atoms with Crippen LogP contribution in [-0.4, -0.2) is 28.4 Å².